The minimum absolute atomic E-state index is 0.949. The second-order valence-electron chi connectivity index (χ2n) is 20.2. The summed E-state index contributed by atoms with van der Waals surface area (Å²) in [5.74, 6) is 0. The Morgan fingerprint density at radius 2 is 0.537 bits per heavy atom. The zero-order valence-electron chi connectivity index (χ0n) is 45.8. The Morgan fingerprint density at radius 1 is 0.280 bits per heavy atom. The zero-order chi connectivity index (χ0) is 55.5. The first-order chi connectivity index (χ1) is 40.6. The lowest BCUT2D eigenvalue weighted by molar-refractivity contribution is 0.997. The second kappa shape index (κ2) is 24.6. The van der Waals surface area contributed by atoms with Gasteiger partial charge in [0, 0.05) is 68.3 Å². The van der Waals surface area contributed by atoms with E-state index in [0.717, 1.165) is 103 Å². The molecule has 394 valence electrons. The zero-order valence-corrected chi connectivity index (χ0v) is 45.8. The first-order valence-electron chi connectivity index (χ1n) is 28.0. The molecule has 0 aliphatic heterocycles. The fourth-order valence-electron chi connectivity index (χ4n) is 10.9. The predicted molar refractivity (Wildman–Crippen MR) is 350 cm³/mol. The largest absolute Gasteiger partial charge is 0.311 e. The third-order valence-electron chi connectivity index (χ3n) is 15.0. The molecule has 0 bridgehead atoms. The van der Waals surface area contributed by atoms with Crippen molar-refractivity contribution >= 4 is 56.9 Å². The molecule has 4 heteroatoms. The van der Waals surface area contributed by atoms with E-state index in [1.807, 2.05) is 30.4 Å². The fourth-order valence-corrected chi connectivity index (χ4v) is 10.9. The minimum Gasteiger partial charge on any atom is -0.311 e. The lowest BCUT2D eigenvalue weighted by atomic mass is 9.99. The third-order valence-corrected chi connectivity index (χ3v) is 15.0. The van der Waals surface area contributed by atoms with Gasteiger partial charge in [0.1, 0.15) is 0 Å². The summed E-state index contributed by atoms with van der Waals surface area (Å²) in [4.78, 5) is 9.17. The molecular formula is C78H62N4. The van der Waals surface area contributed by atoms with Gasteiger partial charge < -0.3 is 19.6 Å². The average Bonchev–Trinajstić information content (AvgIpc) is 3.64. The summed E-state index contributed by atoms with van der Waals surface area (Å²) in [6.07, 6.45) is 14.6. The topological polar surface area (TPSA) is 13.0 Å². The van der Waals surface area contributed by atoms with Crippen molar-refractivity contribution < 1.29 is 0 Å². The summed E-state index contributed by atoms with van der Waals surface area (Å²) in [6, 6.07) is 104. The maximum atomic E-state index is 4.09. The molecule has 11 aromatic carbocycles. The SMILES string of the molecule is C=C/C=C(\C=C)N(c1ccccc1)c1ccc(-c2ccc(N(c3ccccc3)c3ccc(-c4ccc(-c5ccc(N(c6ccccc6)c6ccc(-c7ccc(N(C8=CCCC=C8)c8ccccc8)cc7)cc6)cc5)cc4)cc3)cc2)cc1. The van der Waals surface area contributed by atoms with Crippen LogP contribution in [0.5, 0.6) is 0 Å². The molecule has 11 aromatic rings. The van der Waals surface area contributed by atoms with E-state index < -0.39 is 0 Å². The van der Waals surface area contributed by atoms with E-state index in [9.17, 15) is 0 Å². The van der Waals surface area contributed by atoms with Gasteiger partial charge in [0.25, 0.3) is 0 Å². The number of rotatable bonds is 18. The number of anilines is 10. The van der Waals surface area contributed by atoms with E-state index in [1.165, 1.54) is 22.4 Å². The van der Waals surface area contributed by atoms with Gasteiger partial charge in [-0.15, -0.1) is 0 Å². The second-order valence-corrected chi connectivity index (χ2v) is 20.2. The fraction of sp³-hybridized carbons (Fsp3) is 0.0256. The summed E-state index contributed by atoms with van der Waals surface area (Å²) in [6.45, 7) is 8.02. The highest BCUT2D eigenvalue weighted by Gasteiger charge is 2.18. The predicted octanol–water partition coefficient (Wildman–Crippen LogP) is 22.1. The third kappa shape index (κ3) is 11.4. The van der Waals surface area contributed by atoms with Gasteiger partial charge in [-0.1, -0.05) is 201 Å². The Bertz CT molecular complexity index is 3980. The molecule has 0 fully saturated rings. The molecule has 82 heavy (non-hydrogen) atoms. The van der Waals surface area contributed by atoms with E-state index in [-0.39, 0.29) is 0 Å². The molecule has 0 aromatic heterocycles. The standard InChI is InChI=1S/C78H62N4/c1-3-20-67(4-2)79(68-21-10-5-11-22-68)73-47-35-63(36-48-73)65-43-55-77(56-44-65)81(71-27-16-8-17-28-71)75-51-37-61(38-52-75)59-31-33-60(34-32-59)62-39-53-76(54-40-62)82(72-29-18-9-19-30-72)78-57-45-66(46-58-78)64-41-49-74(50-42-64)80(69-23-12-6-13-24-69)70-25-14-7-15-26-70/h3-6,8-14,16-58H,1-2,7,15H2/b67-20+. The number of para-hydroxylation sites is 4. The van der Waals surface area contributed by atoms with Gasteiger partial charge in [-0.05, 0) is 197 Å². The Balaban J connectivity index is 0.741. The molecule has 1 aliphatic rings. The molecule has 0 radical (unpaired) electrons. The number of hydrogen-bond acceptors (Lipinski definition) is 4. The number of benzene rings is 11. The maximum Gasteiger partial charge on any atom is 0.0462 e. The Kier molecular flexibility index (Phi) is 15.6. The van der Waals surface area contributed by atoms with Gasteiger partial charge in [-0.2, -0.15) is 0 Å². The summed E-state index contributed by atoms with van der Waals surface area (Å²) in [5, 5.41) is 0. The highest BCUT2D eigenvalue weighted by Crippen LogP contribution is 2.41. The summed E-state index contributed by atoms with van der Waals surface area (Å²) < 4.78 is 0. The number of allylic oxidation sites excluding steroid dienone is 6. The van der Waals surface area contributed by atoms with E-state index in [1.54, 1.807) is 6.08 Å². The van der Waals surface area contributed by atoms with Crippen LogP contribution >= 0.6 is 0 Å². The van der Waals surface area contributed by atoms with Gasteiger partial charge in [0.2, 0.25) is 0 Å². The molecule has 0 amide bonds. The Labute approximate surface area is 483 Å². The van der Waals surface area contributed by atoms with E-state index in [2.05, 4.69) is 324 Å². The molecule has 0 atom stereocenters. The normalized spacial score (nSPS) is 12.0. The van der Waals surface area contributed by atoms with Crippen LogP contribution in [-0.2, 0) is 0 Å². The van der Waals surface area contributed by atoms with Crippen LogP contribution in [0.1, 0.15) is 12.8 Å². The van der Waals surface area contributed by atoms with E-state index >= 15 is 0 Å². The summed E-state index contributed by atoms with van der Waals surface area (Å²) in [5.41, 5.74) is 22.4. The van der Waals surface area contributed by atoms with Crippen molar-refractivity contribution in [1.82, 2.24) is 0 Å². The van der Waals surface area contributed by atoms with Crippen LogP contribution in [0, 0.1) is 0 Å². The average molecular weight is 1060 g/mol. The molecule has 12 rings (SSSR count). The first kappa shape index (κ1) is 52.0. The van der Waals surface area contributed by atoms with Crippen LogP contribution in [-0.4, -0.2) is 0 Å². The number of nitrogens with zero attached hydrogens (tertiary/aromatic N) is 4. The van der Waals surface area contributed by atoms with Crippen molar-refractivity contribution in [3.63, 3.8) is 0 Å². The van der Waals surface area contributed by atoms with E-state index in [4.69, 9.17) is 0 Å². The minimum atomic E-state index is 0.949. The molecule has 0 N–H and O–H groups in total. The van der Waals surface area contributed by atoms with Crippen LogP contribution in [0.4, 0.5) is 56.9 Å². The maximum absolute atomic E-state index is 4.09. The highest BCUT2D eigenvalue weighted by molar-refractivity contribution is 5.84. The van der Waals surface area contributed by atoms with Crippen molar-refractivity contribution in [2.24, 2.45) is 0 Å². The summed E-state index contributed by atoms with van der Waals surface area (Å²) >= 11 is 0. The first-order valence-corrected chi connectivity index (χ1v) is 28.0. The monoisotopic (exact) mass is 1050 g/mol. The van der Waals surface area contributed by atoms with Gasteiger partial charge in [-0.3, -0.25) is 0 Å². The van der Waals surface area contributed by atoms with Gasteiger partial charge in [0.15, 0.2) is 0 Å². The lowest BCUT2D eigenvalue weighted by Gasteiger charge is -2.28. The highest BCUT2D eigenvalue weighted by atomic mass is 15.2. The van der Waals surface area contributed by atoms with Gasteiger partial charge >= 0.3 is 0 Å². The summed E-state index contributed by atoms with van der Waals surface area (Å²) in [7, 11) is 0. The molecule has 0 unspecified atom stereocenters. The lowest BCUT2D eigenvalue weighted by Crippen LogP contribution is -2.16. The van der Waals surface area contributed by atoms with Crippen LogP contribution in [0.3, 0.4) is 0 Å². The van der Waals surface area contributed by atoms with Crippen molar-refractivity contribution in [2.75, 3.05) is 19.6 Å². The van der Waals surface area contributed by atoms with Gasteiger partial charge in [0.05, 0.1) is 0 Å². The Hall–Kier alpha value is -10.7. The van der Waals surface area contributed by atoms with Crippen molar-refractivity contribution in [3.8, 4) is 44.5 Å². The molecule has 0 heterocycles. The smallest absolute Gasteiger partial charge is 0.0462 e. The molecule has 0 spiro atoms. The van der Waals surface area contributed by atoms with Crippen LogP contribution < -0.4 is 19.6 Å². The van der Waals surface area contributed by atoms with Crippen LogP contribution in [0.25, 0.3) is 44.5 Å². The molecule has 0 saturated carbocycles. The molecular weight excluding hydrogens is 993 g/mol. The van der Waals surface area contributed by atoms with Crippen molar-refractivity contribution in [3.05, 3.63) is 352 Å². The molecule has 4 nitrogen and oxygen atoms in total. The molecule has 0 saturated heterocycles. The number of hydrogen-bond donors (Lipinski definition) is 0. The van der Waals surface area contributed by atoms with E-state index in [0.29, 0.717) is 0 Å². The van der Waals surface area contributed by atoms with Gasteiger partial charge in [-0.25, -0.2) is 0 Å². The van der Waals surface area contributed by atoms with Crippen LogP contribution in [0.15, 0.2) is 352 Å². The van der Waals surface area contributed by atoms with Crippen molar-refractivity contribution in [1.29, 1.82) is 0 Å². The Morgan fingerprint density at radius 3 is 0.829 bits per heavy atom. The van der Waals surface area contributed by atoms with Crippen LogP contribution in [0.2, 0.25) is 0 Å². The van der Waals surface area contributed by atoms with Crippen molar-refractivity contribution in [2.45, 2.75) is 12.8 Å². The molecule has 1 aliphatic carbocycles. The quantitative estimate of drug-likeness (QED) is 0.0794.